The summed E-state index contributed by atoms with van der Waals surface area (Å²) < 4.78 is 32.6. The van der Waals surface area contributed by atoms with Crippen LogP contribution in [-0.2, 0) is 21.2 Å². The Bertz CT molecular complexity index is 1530. The molecule has 0 heterocycles. The van der Waals surface area contributed by atoms with Crippen LogP contribution in [0.4, 0.5) is 11.4 Å². The van der Waals surface area contributed by atoms with Crippen LogP contribution >= 0.6 is 0 Å². The lowest BCUT2D eigenvalue weighted by Crippen LogP contribution is -2.53. The van der Waals surface area contributed by atoms with Crippen LogP contribution in [0.25, 0.3) is 0 Å². The molecule has 0 bridgehead atoms. The molecule has 4 rings (SSSR count). The minimum Gasteiger partial charge on any atom is -0.497 e. The predicted molar refractivity (Wildman–Crippen MR) is 176 cm³/mol. The van der Waals surface area contributed by atoms with Gasteiger partial charge in [0, 0.05) is 18.7 Å². The van der Waals surface area contributed by atoms with Crippen LogP contribution in [0.5, 0.6) is 5.75 Å². The van der Waals surface area contributed by atoms with Crippen molar-refractivity contribution >= 4 is 33.2 Å². The summed E-state index contributed by atoms with van der Waals surface area (Å²) in [4.78, 5) is 26.7. The number of anilines is 2. The van der Waals surface area contributed by atoms with Gasteiger partial charge in [-0.25, -0.2) is 12.7 Å². The highest BCUT2D eigenvalue weighted by molar-refractivity contribution is 7.92. The number of ether oxygens (including phenoxy) is 1. The van der Waals surface area contributed by atoms with E-state index < -0.39 is 34.1 Å². The Labute approximate surface area is 266 Å². The second-order valence-electron chi connectivity index (χ2n) is 11.6. The summed E-state index contributed by atoms with van der Waals surface area (Å²) in [7, 11) is -2.39. The van der Waals surface area contributed by atoms with Crippen molar-refractivity contribution in [1.29, 1.82) is 0 Å². The number of carbonyl (C=O) groups excluding carboxylic acids is 2. The maximum atomic E-state index is 13.9. The molecule has 0 aromatic heterocycles. The molecule has 242 valence electrons. The highest BCUT2D eigenvalue weighted by Crippen LogP contribution is 2.33. The van der Waals surface area contributed by atoms with Crippen molar-refractivity contribution in [3.05, 3.63) is 90.0 Å². The Morgan fingerprint density at radius 3 is 2.36 bits per heavy atom. The molecular weight excluding hydrogens is 592 g/mol. The molecule has 11 heteroatoms. The first kappa shape index (κ1) is 34.0. The Hall–Kier alpha value is -3.93. The zero-order valence-electron chi connectivity index (χ0n) is 26.1. The van der Waals surface area contributed by atoms with E-state index in [2.05, 4.69) is 16.0 Å². The summed E-state index contributed by atoms with van der Waals surface area (Å²) in [5.41, 5.74) is 1.48. The molecule has 0 saturated heterocycles. The minimum absolute atomic E-state index is 0.0535. The molecule has 45 heavy (non-hydrogen) atoms. The third-order valence-electron chi connectivity index (χ3n) is 8.04. The summed E-state index contributed by atoms with van der Waals surface area (Å²) in [6.45, 7) is 1.81. The zero-order valence-corrected chi connectivity index (χ0v) is 26.9. The number of nitrogens with one attached hydrogen (secondary N) is 3. The summed E-state index contributed by atoms with van der Waals surface area (Å²) in [5.74, 6) is -0.210. The smallest absolute Gasteiger partial charge is 0.253 e. The van der Waals surface area contributed by atoms with Gasteiger partial charge in [-0.2, -0.15) is 0 Å². The van der Waals surface area contributed by atoms with E-state index in [1.165, 1.54) is 13.5 Å². The van der Waals surface area contributed by atoms with Gasteiger partial charge in [0.05, 0.1) is 48.5 Å². The van der Waals surface area contributed by atoms with Crippen molar-refractivity contribution in [2.24, 2.45) is 0 Å². The molecule has 0 aliphatic heterocycles. The molecule has 3 aromatic rings. The van der Waals surface area contributed by atoms with Gasteiger partial charge < -0.3 is 25.8 Å². The van der Waals surface area contributed by atoms with Gasteiger partial charge in [0.15, 0.2) is 0 Å². The van der Waals surface area contributed by atoms with Crippen LogP contribution in [0.15, 0.2) is 78.9 Å². The number of amides is 2. The van der Waals surface area contributed by atoms with Gasteiger partial charge in [-0.3, -0.25) is 9.59 Å². The van der Waals surface area contributed by atoms with Gasteiger partial charge in [0.25, 0.3) is 5.91 Å². The number of aliphatic hydroxyl groups is 1. The molecule has 4 N–H and O–H groups in total. The number of para-hydroxylation sites is 1. The molecule has 1 fully saturated rings. The number of carbonyl (C=O) groups is 2. The number of benzene rings is 3. The van der Waals surface area contributed by atoms with E-state index in [0.717, 1.165) is 41.8 Å². The highest BCUT2D eigenvalue weighted by Gasteiger charge is 2.29. The van der Waals surface area contributed by atoms with E-state index in [0.29, 0.717) is 17.9 Å². The Balaban J connectivity index is 1.54. The monoisotopic (exact) mass is 636 g/mol. The summed E-state index contributed by atoms with van der Waals surface area (Å²) in [6.07, 6.45) is 5.68. The van der Waals surface area contributed by atoms with Crippen LogP contribution in [0.2, 0.25) is 0 Å². The third-order valence-corrected chi connectivity index (χ3v) is 9.12. The molecule has 0 radical (unpaired) electrons. The van der Waals surface area contributed by atoms with Crippen LogP contribution in [-0.4, -0.2) is 69.5 Å². The maximum absolute atomic E-state index is 13.9. The molecule has 0 unspecified atom stereocenters. The fraction of sp³-hybridized carbons (Fsp3) is 0.412. The second kappa shape index (κ2) is 15.9. The van der Waals surface area contributed by atoms with E-state index in [1.807, 2.05) is 30.3 Å². The second-order valence-corrected chi connectivity index (χ2v) is 13.4. The lowest BCUT2D eigenvalue weighted by Gasteiger charge is -2.29. The van der Waals surface area contributed by atoms with E-state index in [-0.39, 0.29) is 29.7 Å². The number of aliphatic hydroxyl groups excluding tert-OH is 1. The quantitative estimate of drug-likeness (QED) is 0.211. The van der Waals surface area contributed by atoms with Crippen molar-refractivity contribution in [2.45, 2.75) is 69.7 Å². The molecule has 1 saturated carbocycles. The molecule has 3 atom stereocenters. The minimum atomic E-state index is -3.88. The first-order valence-electron chi connectivity index (χ1n) is 15.4. The average molecular weight is 637 g/mol. The van der Waals surface area contributed by atoms with Crippen molar-refractivity contribution < 1.29 is 27.9 Å². The van der Waals surface area contributed by atoms with Crippen LogP contribution in [0, 0.1) is 0 Å². The normalized spacial score (nSPS) is 15.8. The largest absolute Gasteiger partial charge is 0.497 e. The summed E-state index contributed by atoms with van der Waals surface area (Å²) in [6, 6.07) is 21.3. The first-order chi connectivity index (χ1) is 21.6. The van der Waals surface area contributed by atoms with E-state index in [9.17, 15) is 23.1 Å². The molecule has 3 aromatic carbocycles. The number of rotatable bonds is 14. The Morgan fingerprint density at radius 1 is 0.978 bits per heavy atom. The van der Waals surface area contributed by atoms with E-state index in [4.69, 9.17) is 4.74 Å². The van der Waals surface area contributed by atoms with Crippen LogP contribution in [0.1, 0.15) is 54.9 Å². The van der Waals surface area contributed by atoms with Gasteiger partial charge >= 0.3 is 0 Å². The first-order valence-corrected chi connectivity index (χ1v) is 17.2. The Morgan fingerprint density at radius 2 is 1.67 bits per heavy atom. The van der Waals surface area contributed by atoms with Crippen molar-refractivity contribution in [2.75, 3.05) is 24.2 Å². The topological polar surface area (TPSA) is 137 Å². The summed E-state index contributed by atoms with van der Waals surface area (Å²) >= 11 is 0. The molecule has 10 nitrogen and oxygen atoms in total. The highest BCUT2D eigenvalue weighted by atomic mass is 32.2. The number of hydrogen-bond donors (Lipinski definition) is 4. The average Bonchev–Trinajstić information content (AvgIpc) is 3.03. The van der Waals surface area contributed by atoms with E-state index >= 15 is 0 Å². The molecule has 1 aliphatic carbocycles. The SMILES string of the molecule is COc1cccc(N(c2ccccc2C(=O)N[C@@H](Cc2ccccc2)[C@H](O)CN[C@@H](C)C(=O)NC2CCCCC2)S(C)(=O)=O)c1. The zero-order chi connectivity index (χ0) is 32.4. The van der Waals surface area contributed by atoms with Crippen molar-refractivity contribution in [3.63, 3.8) is 0 Å². The van der Waals surface area contributed by atoms with E-state index in [1.54, 1.807) is 55.5 Å². The fourth-order valence-corrected chi connectivity index (χ4v) is 6.60. The van der Waals surface area contributed by atoms with Gasteiger partial charge in [-0.15, -0.1) is 0 Å². The number of methoxy groups -OCH3 is 1. The van der Waals surface area contributed by atoms with Crippen LogP contribution < -0.4 is 25.0 Å². The molecule has 0 spiro atoms. The fourth-order valence-electron chi connectivity index (χ4n) is 5.59. The molecule has 2 amide bonds. The molecule has 1 aliphatic rings. The number of hydrogen-bond acceptors (Lipinski definition) is 7. The van der Waals surface area contributed by atoms with Crippen LogP contribution in [0.3, 0.4) is 0 Å². The Kier molecular flexibility index (Phi) is 12.0. The van der Waals surface area contributed by atoms with Gasteiger partial charge in [-0.1, -0.05) is 67.8 Å². The standard InChI is InChI=1S/C34H44N4O6S/c1-24(33(40)36-26-15-8-5-9-16-26)35-23-32(39)30(21-25-13-6-4-7-14-25)37-34(41)29-19-10-11-20-31(29)38(45(3,42)43)27-17-12-18-28(22-27)44-2/h4,6-7,10-14,17-20,22,24,26,30,32,35,39H,5,8-9,15-16,21,23H2,1-3H3,(H,36,40)(H,37,41)/t24-,30-,32+/m0/s1. The van der Waals surface area contributed by atoms with Gasteiger partial charge in [0.1, 0.15) is 5.75 Å². The van der Waals surface area contributed by atoms with Gasteiger partial charge in [-0.05, 0) is 56.0 Å². The predicted octanol–water partition coefficient (Wildman–Crippen LogP) is 3.92. The lowest BCUT2D eigenvalue weighted by atomic mass is 9.95. The number of sulfonamides is 1. The van der Waals surface area contributed by atoms with Crippen molar-refractivity contribution in [3.8, 4) is 5.75 Å². The van der Waals surface area contributed by atoms with Crippen molar-refractivity contribution in [1.82, 2.24) is 16.0 Å². The lowest BCUT2D eigenvalue weighted by molar-refractivity contribution is -0.123. The molecular formula is C34H44N4O6S. The number of nitrogens with zero attached hydrogens (tertiary/aromatic N) is 1. The third kappa shape index (κ3) is 9.53. The van der Waals surface area contributed by atoms with Gasteiger partial charge in [0.2, 0.25) is 15.9 Å². The summed E-state index contributed by atoms with van der Waals surface area (Å²) in [5, 5.41) is 20.5. The maximum Gasteiger partial charge on any atom is 0.253 e.